The number of anilines is 1. The molecule has 0 amide bonds. The lowest BCUT2D eigenvalue weighted by Gasteiger charge is -2.27. The molecule has 1 fully saturated rings. The molecule has 1 aromatic heterocycles. The predicted molar refractivity (Wildman–Crippen MR) is 117 cm³/mol. The van der Waals surface area contributed by atoms with E-state index in [2.05, 4.69) is 28.5 Å². The minimum atomic E-state index is -3.81. The summed E-state index contributed by atoms with van der Waals surface area (Å²) in [5.74, 6) is 0.362. The zero-order valence-electron chi connectivity index (χ0n) is 17.1. The smallest absolute Gasteiger partial charge is 0.264 e. The highest BCUT2D eigenvalue weighted by Crippen LogP contribution is 2.40. The molecule has 3 aromatic rings. The van der Waals surface area contributed by atoms with E-state index >= 15 is 0 Å². The average molecular weight is 424 g/mol. The Balaban J connectivity index is 1.71. The molecule has 0 radical (unpaired) electrons. The standard InChI is InChI=1S/C23H25N3O3S/c1-23(2)15-9-14-20(23)29-21-16-19(17-10-5-3-6-11-17)24-22(25-21)26-30(27,28)18-12-7-4-8-13-18/h3-8,10-13,16,20H,9,14-15H2,1-2H3,(H,24,25,26). The lowest BCUT2D eigenvalue weighted by molar-refractivity contribution is 0.0984. The molecule has 1 atom stereocenters. The van der Waals surface area contributed by atoms with E-state index in [-0.39, 0.29) is 22.4 Å². The van der Waals surface area contributed by atoms with E-state index in [9.17, 15) is 8.42 Å². The summed E-state index contributed by atoms with van der Waals surface area (Å²) in [7, 11) is -3.81. The van der Waals surface area contributed by atoms with E-state index in [4.69, 9.17) is 4.74 Å². The monoisotopic (exact) mass is 423 g/mol. The molecule has 1 heterocycles. The van der Waals surface area contributed by atoms with Gasteiger partial charge >= 0.3 is 0 Å². The fourth-order valence-electron chi connectivity index (χ4n) is 3.73. The van der Waals surface area contributed by atoms with Gasteiger partial charge in [-0.1, -0.05) is 62.4 Å². The van der Waals surface area contributed by atoms with Crippen LogP contribution < -0.4 is 9.46 Å². The fourth-order valence-corrected chi connectivity index (χ4v) is 4.69. The first kappa shape index (κ1) is 20.3. The van der Waals surface area contributed by atoms with Crippen LogP contribution in [-0.4, -0.2) is 24.5 Å². The van der Waals surface area contributed by atoms with Gasteiger partial charge in [-0.2, -0.15) is 4.98 Å². The van der Waals surface area contributed by atoms with Crippen molar-refractivity contribution in [3.63, 3.8) is 0 Å². The van der Waals surface area contributed by atoms with E-state index in [0.29, 0.717) is 11.6 Å². The zero-order valence-corrected chi connectivity index (χ0v) is 17.9. The third-order valence-electron chi connectivity index (χ3n) is 5.47. The topological polar surface area (TPSA) is 81.2 Å². The van der Waals surface area contributed by atoms with Gasteiger partial charge in [0.2, 0.25) is 11.8 Å². The second kappa shape index (κ2) is 8.07. The average Bonchev–Trinajstić information content (AvgIpc) is 3.06. The molecule has 4 rings (SSSR count). The molecule has 0 aliphatic heterocycles. The van der Waals surface area contributed by atoms with Crippen molar-refractivity contribution in [1.29, 1.82) is 0 Å². The van der Waals surface area contributed by atoms with E-state index in [0.717, 1.165) is 24.8 Å². The van der Waals surface area contributed by atoms with Crippen LogP contribution in [0.1, 0.15) is 33.1 Å². The number of rotatable bonds is 6. The van der Waals surface area contributed by atoms with Crippen molar-refractivity contribution < 1.29 is 13.2 Å². The Kier molecular flexibility index (Phi) is 5.47. The molecule has 156 valence electrons. The number of nitrogens with zero attached hydrogens (tertiary/aromatic N) is 2. The van der Waals surface area contributed by atoms with Gasteiger partial charge in [0.25, 0.3) is 10.0 Å². The van der Waals surface area contributed by atoms with Gasteiger partial charge in [-0.3, -0.25) is 0 Å². The van der Waals surface area contributed by atoms with Crippen molar-refractivity contribution in [1.82, 2.24) is 9.97 Å². The number of sulfonamides is 1. The van der Waals surface area contributed by atoms with E-state index < -0.39 is 10.0 Å². The van der Waals surface area contributed by atoms with Gasteiger partial charge in [0.15, 0.2) is 0 Å². The molecule has 1 saturated carbocycles. The molecule has 7 heteroatoms. The Labute approximate surface area is 177 Å². The third kappa shape index (κ3) is 4.46. The number of hydrogen-bond donors (Lipinski definition) is 1. The van der Waals surface area contributed by atoms with Crippen molar-refractivity contribution in [2.45, 2.75) is 44.1 Å². The molecule has 1 aliphatic rings. The van der Waals surface area contributed by atoms with Crippen molar-refractivity contribution >= 4 is 16.0 Å². The summed E-state index contributed by atoms with van der Waals surface area (Å²) in [6.45, 7) is 4.37. The van der Waals surface area contributed by atoms with Gasteiger partial charge in [-0.15, -0.1) is 0 Å². The molecular weight excluding hydrogens is 398 g/mol. The summed E-state index contributed by atoms with van der Waals surface area (Å²) in [6, 6.07) is 19.5. The number of nitrogens with one attached hydrogen (secondary N) is 1. The van der Waals surface area contributed by atoms with E-state index in [1.807, 2.05) is 30.3 Å². The minimum Gasteiger partial charge on any atom is -0.474 e. The second-order valence-electron chi connectivity index (χ2n) is 8.19. The van der Waals surface area contributed by atoms with Crippen molar-refractivity contribution in [3.8, 4) is 17.1 Å². The maximum absolute atomic E-state index is 12.8. The quantitative estimate of drug-likeness (QED) is 0.610. The molecule has 30 heavy (non-hydrogen) atoms. The van der Waals surface area contributed by atoms with Crippen LogP contribution in [0.15, 0.2) is 71.6 Å². The number of hydrogen-bond acceptors (Lipinski definition) is 5. The van der Waals surface area contributed by atoms with Crippen molar-refractivity contribution in [2.75, 3.05) is 4.72 Å². The maximum Gasteiger partial charge on any atom is 0.264 e. The third-order valence-corrected chi connectivity index (χ3v) is 6.82. The minimum absolute atomic E-state index is 0.00832. The summed E-state index contributed by atoms with van der Waals surface area (Å²) in [4.78, 5) is 8.97. The highest BCUT2D eigenvalue weighted by molar-refractivity contribution is 7.92. The first-order valence-corrected chi connectivity index (χ1v) is 11.5. The normalized spacial score (nSPS) is 18.1. The summed E-state index contributed by atoms with van der Waals surface area (Å²) in [5.41, 5.74) is 1.50. The molecule has 0 spiro atoms. The summed E-state index contributed by atoms with van der Waals surface area (Å²) >= 11 is 0. The second-order valence-corrected chi connectivity index (χ2v) is 9.87. The van der Waals surface area contributed by atoms with Gasteiger partial charge in [0, 0.05) is 17.0 Å². The van der Waals surface area contributed by atoms with E-state index in [1.165, 1.54) is 12.1 Å². The molecule has 2 aromatic carbocycles. The van der Waals surface area contributed by atoms with Crippen LogP contribution in [0.5, 0.6) is 5.88 Å². The van der Waals surface area contributed by atoms with Crippen LogP contribution in [0.2, 0.25) is 0 Å². The Hall–Kier alpha value is -2.93. The SMILES string of the molecule is CC1(C)CCCC1Oc1cc(-c2ccccc2)nc(NS(=O)(=O)c2ccccc2)n1. The Morgan fingerprint density at radius 3 is 2.30 bits per heavy atom. The molecule has 1 N–H and O–H groups in total. The molecule has 1 aliphatic carbocycles. The van der Waals surface area contributed by atoms with Gasteiger partial charge in [0.1, 0.15) is 6.10 Å². The lowest BCUT2D eigenvalue weighted by Crippen LogP contribution is -2.29. The zero-order chi connectivity index (χ0) is 21.2. The predicted octanol–water partition coefficient (Wildman–Crippen LogP) is 4.90. The highest BCUT2D eigenvalue weighted by Gasteiger charge is 2.36. The molecular formula is C23H25N3O3S. The summed E-state index contributed by atoms with van der Waals surface area (Å²) in [5, 5.41) is 0. The molecule has 1 unspecified atom stereocenters. The van der Waals surface area contributed by atoms with Crippen LogP contribution in [-0.2, 0) is 10.0 Å². The largest absolute Gasteiger partial charge is 0.474 e. The Morgan fingerprint density at radius 2 is 1.67 bits per heavy atom. The lowest BCUT2D eigenvalue weighted by atomic mass is 9.89. The Morgan fingerprint density at radius 1 is 1.00 bits per heavy atom. The number of ether oxygens (including phenoxy) is 1. The summed E-state index contributed by atoms with van der Waals surface area (Å²) < 4.78 is 34.3. The van der Waals surface area contributed by atoms with Gasteiger partial charge in [0.05, 0.1) is 10.6 Å². The van der Waals surface area contributed by atoms with Gasteiger partial charge in [-0.05, 0) is 31.4 Å². The van der Waals surface area contributed by atoms with Crippen LogP contribution in [0.4, 0.5) is 5.95 Å². The first-order valence-electron chi connectivity index (χ1n) is 10.0. The molecule has 6 nitrogen and oxygen atoms in total. The highest BCUT2D eigenvalue weighted by atomic mass is 32.2. The summed E-state index contributed by atoms with van der Waals surface area (Å²) in [6.07, 6.45) is 3.15. The number of aromatic nitrogens is 2. The maximum atomic E-state index is 12.8. The van der Waals surface area contributed by atoms with Crippen LogP contribution in [0.3, 0.4) is 0 Å². The first-order chi connectivity index (χ1) is 14.3. The fraction of sp³-hybridized carbons (Fsp3) is 0.304. The van der Waals surface area contributed by atoms with Gasteiger partial charge in [-0.25, -0.2) is 18.1 Å². The Bertz CT molecular complexity index is 1120. The molecule has 0 saturated heterocycles. The molecule has 0 bridgehead atoms. The van der Waals surface area contributed by atoms with E-state index in [1.54, 1.807) is 24.3 Å². The van der Waals surface area contributed by atoms with Crippen LogP contribution >= 0.6 is 0 Å². The number of benzene rings is 2. The van der Waals surface area contributed by atoms with Crippen LogP contribution in [0, 0.1) is 5.41 Å². The van der Waals surface area contributed by atoms with Crippen LogP contribution in [0.25, 0.3) is 11.3 Å². The van der Waals surface area contributed by atoms with Crippen molar-refractivity contribution in [3.05, 3.63) is 66.7 Å². The van der Waals surface area contributed by atoms with Gasteiger partial charge < -0.3 is 4.74 Å². The van der Waals surface area contributed by atoms with Crippen molar-refractivity contribution in [2.24, 2.45) is 5.41 Å².